The number of hydrogen-bond donors (Lipinski definition) is 2. The molecule has 0 aliphatic carbocycles. The first-order chi connectivity index (χ1) is 9.00. The lowest BCUT2D eigenvalue weighted by molar-refractivity contribution is -0.121. The number of anilines is 1. The molecule has 1 aromatic carbocycles. The second-order valence-electron chi connectivity index (χ2n) is 4.45. The molecule has 19 heavy (non-hydrogen) atoms. The van der Waals surface area contributed by atoms with Gasteiger partial charge in [-0.2, -0.15) is 0 Å². The van der Waals surface area contributed by atoms with Gasteiger partial charge in [-0.1, -0.05) is 18.2 Å². The van der Waals surface area contributed by atoms with E-state index in [1.165, 1.54) is 0 Å². The number of carbonyl (C=O) groups excluding carboxylic acids is 3. The van der Waals surface area contributed by atoms with Gasteiger partial charge in [-0.25, -0.2) is 4.90 Å². The molecule has 0 aromatic heterocycles. The summed E-state index contributed by atoms with van der Waals surface area (Å²) in [4.78, 5) is 36.2. The summed E-state index contributed by atoms with van der Waals surface area (Å²) in [6, 6.07) is 7.34. The first-order valence-electron chi connectivity index (χ1n) is 5.98. The van der Waals surface area contributed by atoms with Crippen LogP contribution in [-0.4, -0.2) is 29.8 Å². The molecule has 2 unspecified atom stereocenters. The van der Waals surface area contributed by atoms with E-state index in [2.05, 4.69) is 5.32 Å². The molecule has 1 aromatic rings. The van der Waals surface area contributed by atoms with Crippen LogP contribution in [0.25, 0.3) is 0 Å². The number of carbonyl (C=O) groups is 3. The van der Waals surface area contributed by atoms with E-state index >= 15 is 0 Å². The highest BCUT2D eigenvalue weighted by molar-refractivity contribution is 6.22. The van der Waals surface area contributed by atoms with E-state index in [0.29, 0.717) is 5.69 Å². The fraction of sp³-hybridized carbons (Fsp3) is 0.308. The minimum Gasteiger partial charge on any atom is -0.368 e. The highest BCUT2D eigenvalue weighted by Gasteiger charge is 2.40. The van der Waals surface area contributed by atoms with Crippen molar-refractivity contribution in [2.75, 3.05) is 4.90 Å². The monoisotopic (exact) mass is 261 g/mol. The summed E-state index contributed by atoms with van der Waals surface area (Å²) in [5, 5.41) is 2.77. The minimum atomic E-state index is -0.699. The van der Waals surface area contributed by atoms with Gasteiger partial charge in [-0.05, 0) is 19.1 Å². The van der Waals surface area contributed by atoms with Crippen molar-refractivity contribution in [1.82, 2.24) is 5.32 Å². The Morgan fingerprint density at radius 1 is 1.37 bits per heavy atom. The van der Waals surface area contributed by atoms with E-state index in [9.17, 15) is 14.4 Å². The summed E-state index contributed by atoms with van der Waals surface area (Å²) in [7, 11) is 0. The molecule has 6 heteroatoms. The van der Waals surface area contributed by atoms with Crippen molar-refractivity contribution in [3.63, 3.8) is 0 Å². The molecule has 0 bridgehead atoms. The molecule has 3 N–H and O–H groups in total. The van der Waals surface area contributed by atoms with Crippen molar-refractivity contribution in [2.24, 2.45) is 5.73 Å². The predicted molar refractivity (Wildman–Crippen MR) is 69.1 cm³/mol. The molecule has 3 amide bonds. The van der Waals surface area contributed by atoms with Crippen molar-refractivity contribution in [2.45, 2.75) is 25.4 Å². The highest BCUT2D eigenvalue weighted by atomic mass is 16.2. The van der Waals surface area contributed by atoms with Gasteiger partial charge < -0.3 is 5.73 Å². The Balaban J connectivity index is 2.15. The number of nitrogens with zero attached hydrogens (tertiary/aromatic N) is 1. The summed E-state index contributed by atoms with van der Waals surface area (Å²) in [5.41, 5.74) is 5.66. The van der Waals surface area contributed by atoms with Crippen LogP contribution in [0.5, 0.6) is 0 Å². The molecular weight excluding hydrogens is 246 g/mol. The van der Waals surface area contributed by atoms with E-state index in [1.807, 2.05) is 0 Å². The van der Waals surface area contributed by atoms with Gasteiger partial charge in [0.1, 0.15) is 0 Å². The van der Waals surface area contributed by atoms with Gasteiger partial charge in [0.2, 0.25) is 11.8 Å². The van der Waals surface area contributed by atoms with Gasteiger partial charge in [-0.15, -0.1) is 0 Å². The van der Waals surface area contributed by atoms with Crippen molar-refractivity contribution < 1.29 is 14.4 Å². The predicted octanol–water partition coefficient (Wildman–Crippen LogP) is -0.218. The van der Waals surface area contributed by atoms with Crippen LogP contribution in [0.2, 0.25) is 0 Å². The van der Waals surface area contributed by atoms with Gasteiger partial charge >= 0.3 is 0 Å². The van der Waals surface area contributed by atoms with Gasteiger partial charge in [0.05, 0.1) is 24.2 Å². The van der Waals surface area contributed by atoms with Crippen LogP contribution in [0, 0.1) is 0 Å². The topological polar surface area (TPSA) is 92.5 Å². The van der Waals surface area contributed by atoms with Crippen molar-refractivity contribution in [3.8, 4) is 0 Å². The molecule has 1 aliphatic rings. The zero-order chi connectivity index (χ0) is 14.0. The molecule has 1 fully saturated rings. The number of rotatable bonds is 4. The number of imide groups is 1. The lowest BCUT2D eigenvalue weighted by Crippen LogP contribution is -2.48. The number of nitrogens with two attached hydrogens (primary N) is 1. The first kappa shape index (κ1) is 13.2. The Morgan fingerprint density at radius 2 is 2.00 bits per heavy atom. The minimum absolute atomic E-state index is 0.0331. The van der Waals surface area contributed by atoms with E-state index in [0.717, 1.165) is 4.90 Å². The molecule has 100 valence electrons. The van der Waals surface area contributed by atoms with E-state index in [-0.39, 0.29) is 18.2 Å². The maximum atomic E-state index is 12.2. The molecule has 1 aliphatic heterocycles. The van der Waals surface area contributed by atoms with Crippen molar-refractivity contribution in [3.05, 3.63) is 30.3 Å². The van der Waals surface area contributed by atoms with Crippen LogP contribution in [0.3, 0.4) is 0 Å². The lowest BCUT2D eigenvalue weighted by Gasteiger charge is -2.17. The molecule has 1 heterocycles. The number of para-hydroxylation sites is 1. The summed E-state index contributed by atoms with van der Waals surface area (Å²) in [5.74, 6) is -1.20. The van der Waals surface area contributed by atoms with Gasteiger partial charge in [0, 0.05) is 0 Å². The van der Waals surface area contributed by atoms with Crippen LogP contribution < -0.4 is 16.0 Å². The van der Waals surface area contributed by atoms with E-state index in [1.54, 1.807) is 37.3 Å². The Hall–Kier alpha value is -2.21. The third-order valence-electron chi connectivity index (χ3n) is 3.04. The second kappa shape index (κ2) is 5.19. The fourth-order valence-corrected chi connectivity index (χ4v) is 1.99. The Morgan fingerprint density at radius 3 is 2.58 bits per heavy atom. The van der Waals surface area contributed by atoms with Crippen molar-refractivity contribution >= 4 is 23.4 Å². The van der Waals surface area contributed by atoms with Crippen LogP contribution in [-0.2, 0) is 14.4 Å². The lowest BCUT2D eigenvalue weighted by atomic mass is 10.2. The van der Waals surface area contributed by atoms with Crippen LogP contribution >= 0.6 is 0 Å². The molecule has 1 saturated heterocycles. The van der Waals surface area contributed by atoms with Gasteiger partial charge in [0.15, 0.2) is 0 Å². The standard InChI is InChI=1S/C13H15N3O3/c1-8(12(14)18)15-10-7-11(17)16(13(10)19)9-5-3-2-4-6-9/h2-6,8,10,15H,7H2,1H3,(H2,14,18). The van der Waals surface area contributed by atoms with Crippen LogP contribution in [0.1, 0.15) is 13.3 Å². The number of nitrogens with one attached hydrogen (secondary N) is 1. The maximum absolute atomic E-state index is 12.2. The summed E-state index contributed by atoms with van der Waals surface area (Å²) in [6.45, 7) is 1.56. The first-order valence-corrected chi connectivity index (χ1v) is 5.98. The molecular formula is C13H15N3O3. The largest absolute Gasteiger partial charge is 0.368 e. The third-order valence-corrected chi connectivity index (χ3v) is 3.04. The SMILES string of the molecule is CC(NC1CC(=O)N(c2ccccc2)C1=O)C(N)=O. The fourth-order valence-electron chi connectivity index (χ4n) is 1.99. The Labute approximate surface area is 110 Å². The average molecular weight is 261 g/mol. The normalized spacial score (nSPS) is 20.7. The molecule has 0 saturated carbocycles. The second-order valence-corrected chi connectivity index (χ2v) is 4.45. The quantitative estimate of drug-likeness (QED) is 0.733. The van der Waals surface area contributed by atoms with E-state index < -0.39 is 18.0 Å². The van der Waals surface area contributed by atoms with Crippen LogP contribution in [0.4, 0.5) is 5.69 Å². The van der Waals surface area contributed by atoms with E-state index in [4.69, 9.17) is 5.73 Å². The molecule has 2 rings (SSSR count). The molecule has 6 nitrogen and oxygen atoms in total. The summed E-state index contributed by atoms with van der Waals surface area (Å²) in [6.07, 6.45) is 0.0331. The number of hydrogen-bond acceptors (Lipinski definition) is 4. The number of primary amides is 1. The average Bonchev–Trinajstić information content (AvgIpc) is 2.65. The molecule has 0 spiro atoms. The van der Waals surface area contributed by atoms with Crippen molar-refractivity contribution in [1.29, 1.82) is 0 Å². The summed E-state index contributed by atoms with van der Waals surface area (Å²) >= 11 is 0. The van der Waals surface area contributed by atoms with Gasteiger partial charge in [0.25, 0.3) is 5.91 Å². The number of benzene rings is 1. The van der Waals surface area contributed by atoms with Gasteiger partial charge in [-0.3, -0.25) is 19.7 Å². The van der Waals surface area contributed by atoms with Crippen LogP contribution in [0.15, 0.2) is 30.3 Å². The maximum Gasteiger partial charge on any atom is 0.251 e. The highest BCUT2D eigenvalue weighted by Crippen LogP contribution is 2.22. The third kappa shape index (κ3) is 2.63. The molecule has 2 atom stereocenters. The smallest absolute Gasteiger partial charge is 0.251 e. The Bertz CT molecular complexity index is 515. The zero-order valence-electron chi connectivity index (χ0n) is 10.5. The molecule has 0 radical (unpaired) electrons. The summed E-state index contributed by atoms with van der Waals surface area (Å²) < 4.78 is 0. The zero-order valence-corrected chi connectivity index (χ0v) is 10.5. The Kier molecular flexibility index (Phi) is 3.62. The number of amides is 3.